The molecule has 1 heterocycles. The molecule has 0 saturated heterocycles. The van der Waals surface area contributed by atoms with Crippen molar-refractivity contribution in [3.8, 4) is 0 Å². The smallest absolute Gasteiger partial charge is 0.325 e. The second-order valence-electron chi connectivity index (χ2n) is 5.13. The van der Waals surface area contributed by atoms with Crippen molar-refractivity contribution in [2.75, 3.05) is 13.2 Å². The van der Waals surface area contributed by atoms with Crippen molar-refractivity contribution in [2.24, 2.45) is 0 Å². The van der Waals surface area contributed by atoms with Crippen LogP contribution in [0.1, 0.15) is 29.1 Å². The fourth-order valence-electron chi connectivity index (χ4n) is 1.98. The zero-order valence-electron chi connectivity index (χ0n) is 13.5. The molecule has 0 unspecified atom stereocenters. The van der Waals surface area contributed by atoms with Crippen LogP contribution in [0.25, 0.3) is 0 Å². The molecule has 0 spiro atoms. The van der Waals surface area contributed by atoms with Crippen molar-refractivity contribution in [1.82, 2.24) is 10.6 Å². The minimum atomic E-state index is -0.814. The van der Waals surface area contributed by atoms with Crippen molar-refractivity contribution >= 4 is 17.8 Å². The van der Waals surface area contributed by atoms with E-state index in [0.29, 0.717) is 5.76 Å². The summed E-state index contributed by atoms with van der Waals surface area (Å²) in [6, 6.07) is 8.40. The number of carbonyl (C=O) groups is 3. The number of rotatable bonds is 7. The lowest BCUT2D eigenvalue weighted by atomic mass is 10.2. The van der Waals surface area contributed by atoms with E-state index < -0.39 is 36.8 Å². The summed E-state index contributed by atoms with van der Waals surface area (Å²) in [5, 5.41) is 4.82. The Kier molecular flexibility index (Phi) is 6.27. The van der Waals surface area contributed by atoms with Crippen molar-refractivity contribution in [3.05, 3.63) is 59.8 Å². The van der Waals surface area contributed by atoms with Gasteiger partial charge in [0.25, 0.3) is 11.8 Å². The fraction of sp³-hybridized carbons (Fsp3) is 0.235. The van der Waals surface area contributed by atoms with Crippen molar-refractivity contribution in [1.29, 1.82) is 0 Å². The van der Waals surface area contributed by atoms with Gasteiger partial charge in [-0.15, -0.1) is 0 Å². The summed E-state index contributed by atoms with van der Waals surface area (Å²) < 4.78 is 23.3. The van der Waals surface area contributed by atoms with Crippen molar-refractivity contribution in [2.45, 2.75) is 13.0 Å². The van der Waals surface area contributed by atoms with Gasteiger partial charge in [0.05, 0.1) is 17.9 Å². The van der Waals surface area contributed by atoms with Gasteiger partial charge in [-0.2, -0.15) is 0 Å². The zero-order chi connectivity index (χ0) is 18.2. The highest BCUT2D eigenvalue weighted by atomic mass is 19.1. The summed E-state index contributed by atoms with van der Waals surface area (Å²) in [6.45, 7) is 0.737. The van der Waals surface area contributed by atoms with Gasteiger partial charge in [-0.05, 0) is 31.2 Å². The van der Waals surface area contributed by atoms with Crippen LogP contribution >= 0.6 is 0 Å². The Labute approximate surface area is 143 Å². The zero-order valence-corrected chi connectivity index (χ0v) is 13.5. The number of halogens is 1. The topological polar surface area (TPSA) is 97.6 Å². The highest BCUT2D eigenvalue weighted by Crippen LogP contribution is 2.11. The highest BCUT2D eigenvalue weighted by molar-refractivity contribution is 5.96. The van der Waals surface area contributed by atoms with Crippen LogP contribution in [0.3, 0.4) is 0 Å². The van der Waals surface area contributed by atoms with E-state index in [1.54, 1.807) is 19.1 Å². The summed E-state index contributed by atoms with van der Waals surface area (Å²) >= 11 is 0. The van der Waals surface area contributed by atoms with E-state index >= 15 is 0 Å². The number of benzene rings is 1. The van der Waals surface area contributed by atoms with Gasteiger partial charge in [-0.25, -0.2) is 4.39 Å². The van der Waals surface area contributed by atoms with Crippen LogP contribution in [-0.4, -0.2) is 30.9 Å². The molecule has 2 rings (SSSR count). The molecule has 2 aromatic rings. The van der Waals surface area contributed by atoms with Crippen LogP contribution in [-0.2, 0) is 14.3 Å². The Morgan fingerprint density at radius 1 is 1.20 bits per heavy atom. The molecule has 1 atom stereocenters. The first-order valence-corrected chi connectivity index (χ1v) is 7.48. The molecule has 0 aliphatic carbocycles. The maximum atomic E-state index is 13.4. The predicted octanol–water partition coefficient (Wildman–Crippen LogP) is 1.57. The van der Waals surface area contributed by atoms with Gasteiger partial charge in [0, 0.05) is 0 Å². The quantitative estimate of drug-likeness (QED) is 0.740. The minimum absolute atomic E-state index is 0.180. The lowest BCUT2D eigenvalue weighted by molar-refractivity contribution is -0.147. The van der Waals surface area contributed by atoms with Crippen LogP contribution < -0.4 is 10.6 Å². The number of carbonyl (C=O) groups excluding carboxylic acids is 3. The Morgan fingerprint density at radius 2 is 1.96 bits per heavy atom. The van der Waals surface area contributed by atoms with Gasteiger partial charge in [0.2, 0.25) is 0 Å². The summed E-state index contributed by atoms with van der Waals surface area (Å²) in [4.78, 5) is 35.0. The van der Waals surface area contributed by atoms with E-state index in [2.05, 4.69) is 10.6 Å². The largest absolute Gasteiger partial charge is 0.467 e. The van der Waals surface area contributed by atoms with Gasteiger partial charge in [-0.3, -0.25) is 14.4 Å². The first-order valence-electron chi connectivity index (χ1n) is 7.48. The van der Waals surface area contributed by atoms with Gasteiger partial charge in [-0.1, -0.05) is 12.1 Å². The Morgan fingerprint density at radius 3 is 2.64 bits per heavy atom. The molecule has 0 aliphatic rings. The lowest BCUT2D eigenvalue weighted by Crippen LogP contribution is -2.35. The lowest BCUT2D eigenvalue weighted by Gasteiger charge is -2.11. The number of furan rings is 1. The number of nitrogens with one attached hydrogen (secondary N) is 2. The molecule has 0 fully saturated rings. The van der Waals surface area contributed by atoms with E-state index in [9.17, 15) is 18.8 Å². The molecule has 25 heavy (non-hydrogen) atoms. The molecule has 2 amide bonds. The Balaban J connectivity index is 1.71. The summed E-state index contributed by atoms with van der Waals surface area (Å²) in [5.41, 5.74) is -0.180. The molecule has 132 valence electrons. The molecule has 2 N–H and O–H groups in total. The van der Waals surface area contributed by atoms with Crippen LogP contribution in [0, 0.1) is 5.82 Å². The molecule has 8 heteroatoms. The second-order valence-corrected chi connectivity index (χ2v) is 5.13. The Hall–Kier alpha value is -3.16. The molecule has 1 aromatic carbocycles. The molecule has 1 aromatic heterocycles. The summed E-state index contributed by atoms with van der Waals surface area (Å²) in [6.07, 6.45) is 1.48. The SMILES string of the molecule is C[C@@H](NC(=O)COC(=O)CNC(=O)c1ccccc1F)c1ccco1. The molecule has 0 aliphatic heterocycles. The third-order valence-electron chi connectivity index (χ3n) is 3.22. The third kappa shape index (κ3) is 5.45. The fourth-order valence-corrected chi connectivity index (χ4v) is 1.98. The normalized spacial score (nSPS) is 11.4. The maximum absolute atomic E-state index is 13.4. The first-order chi connectivity index (χ1) is 12.0. The van der Waals surface area contributed by atoms with E-state index in [1.165, 1.54) is 24.5 Å². The molecule has 0 bridgehead atoms. The average Bonchev–Trinajstić information content (AvgIpc) is 3.13. The van der Waals surface area contributed by atoms with Crippen LogP contribution in [0.15, 0.2) is 47.1 Å². The summed E-state index contributed by atoms with van der Waals surface area (Å²) in [5.74, 6) is -2.20. The van der Waals surface area contributed by atoms with Crippen molar-refractivity contribution in [3.63, 3.8) is 0 Å². The maximum Gasteiger partial charge on any atom is 0.325 e. The van der Waals surface area contributed by atoms with E-state index in [-0.39, 0.29) is 11.6 Å². The molecule has 7 nitrogen and oxygen atoms in total. The van der Waals surface area contributed by atoms with Crippen LogP contribution in [0.5, 0.6) is 0 Å². The van der Waals surface area contributed by atoms with Crippen molar-refractivity contribution < 1.29 is 27.9 Å². The first kappa shape index (κ1) is 18.2. The van der Waals surface area contributed by atoms with Gasteiger partial charge in [0.15, 0.2) is 6.61 Å². The van der Waals surface area contributed by atoms with E-state index in [1.807, 2.05) is 0 Å². The number of hydrogen-bond donors (Lipinski definition) is 2. The second kappa shape index (κ2) is 8.62. The predicted molar refractivity (Wildman–Crippen MR) is 85.0 cm³/mol. The van der Waals surface area contributed by atoms with Gasteiger partial charge < -0.3 is 19.8 Å². The molecular weight excluding hydrogens is 331 g/mol. The monoisotopic (exact) mass is 348 g/mol. The summed E-state index contributed by atoms with van der Waals surface area (Å²) in [7, 11) is 0. The van der Waals surface area contributed by atoms with Gasteiger partial charge in [0.1, 0.15) is 18.1 Å². The van der Waals surface area contributed by atoms with Crippen LogP contribution in [0.4, 0.5) is 4.39 Å². The number of amides is 2. The van der Waals surface area contributed by atoms with Crippen LogP contribution in [0.2, 0.25) is 0 Å². The van der Waals surface area contributed by atoms with E-state index in [0.717, 1.165) is 6.07 Å². The number of hydrogen-bond acceptors (Lipinski definition) is 5. The Bertz CT molecular complexity index is 745. The molecule has 0 saturated carbocycles. The molecular formula is C17H17FN2O5. The van der Waals surface area contributed by atoms with Gasteiger partial charge >= 0.3 is 5.97 Å². The average molecular weight is 348 g/mol. The molecule has 0 radical (unpaired) electrons. The number of esters is 1. The minimum Gasteiger partial charge on any atom is -0.467 e. The van der Waals surface area contributed by atoms with E-state index in [4.69, 9.17) is 9.15 Å². The standard InChI is InChI=1S/C17H17FN2O5/c1-11(14-7-4-8-24-14)20-15(21)10-25-16(22)9-19-17(23)12-5-2-3-6-13(12)18/h2-8,11H,9-10H2,1H3,(H,19,23)(H,20,21)/t11-/m1/s1. The third-order valence-corrected chi connectivity index (χ3v) is 3.22. The number of ether oxygens (including phenoxy) is 1. The highest BCUT2D eigenvalue weighted by Gasteiger charge is 2.15.